The molecule has 0 aliphatic rings. The second-order valence-electron chi connectivity index (χ2n) is 10.8. The van der Waals surface area contributed by atoms with Gasteiger partial charge in [-0.3, -0.25) is 13.9 Å². The fourth-order valence-corrected chi connectivity index (χ4v) is 6.43. The van der Waals surface area contributed by atoms with Crippen LogP contribution in [0.3, 0.4) is 0 Å². The third-order valence-electron chi connectivity index (χ3n) is 7.45. The van der Waals surface area contributed by atoms with Crippen molar-refractivity contribution in [1.29, 1.82) is 0 Å². The van der Waals surface area contributed by atoms with E-state index in [1.165, 1.54) is 17.0 Å². The number of amides is 2. The molecule has 0 aliphatic carbocycles. The molecule has 2 amide bonds. The van der Waals surface area contributed by atoms with E-state index < -0.39 is 28.5 Å². The van der Waals surface area contributed by atoms with Gasteiger partial charge in [-0.1, -0.05) is 96.9 Å². The van der Waals surface area contributed by atoms with Crippen molar-refractivity contribution in [3.8, 4) is 0 Å². The van der Waals surface area contributed by atoms with Crippen LogP contribution in [0.5, 0.6) is 0 Å². The minimum atomic E-state index is -4.14. The minimum absolute atomic E-state index is 0.0535. The summed E-state index contributed by atoms with van der Waals surface area (Å²) in [4.78, 5) is 29.9. The van der Waals surface area contributed by atoms with Crippen LogP contribution >= 0.6 is 11.6 Å². The molecule has 7 nitrogen and oxygen atoms in total. The van der Waals surface area contributed by atoms with Crippen LogP contribution in [0.15, 0.2) is 114 Å². The number of sulfonamides is 1. The van der Waals surface area contributed by atoms with Crippen molar-refractivity contribution in [3.05, 3.63) is 131 Å². The summed E-state index contributed by atoms with van der Waals surface area (Å²) >= 11 is 6.30. The first-order valence-electron chi connectivity index (χ1n) is 14.6. The highest BCUT2D eigenvalue weighted by molar-refractivity contribution is 7.92. The Morgan fingerprint density at radius 2 is 1.45 bits per heavy atom. The summed E-state index contributed by atoms with van der Waals surface area (Å²) in [5.41, 5.74) is 2.88. The first-order valence-corrected chi connectivity index (χ1v) is 16.4. The molecule has 9 heteroatoms. The van der Waals surface area contributed by atoms with E-state index in [9.17, 15) is 18.0 Å². The Bertz CT molecular complexity index is 1650. The monoisotopic (exact) mass is 631 g/mol. The fraction of sp³-hybridized carbons (Fsp3) is 0.257. The number of carbonyl (C=O) groups excluding carboxylic acids is 2. The van der Waals surface area contributed by atoms with Crippen LogP contribution in [0.25, 0.3) is 0 Å². The number of rotatable bonds is 13. The summed E-state index contributed by atoms with van der Waals surface area (Å²) < 4.78 is 29.1. The summed E-state index contributed by atoms with van der Waals surface area (Å²) in [5, 5.41) is 3.53. The van der Waals surface area contributed by atoms with Gasteiger partial charge in [0.1, 0.15) is 12.6 Å². The molecular weight excluding hydrogens is 594 g/mol. The van der Waals surface area contributed by atoms with Gasteiger partial charge in [0.2, 0.25) is 11.8 Å². The van der Waals surface area contributed by atoms with Crippen LogP contribution in [0.2, 0.25) is 5.02 Å². The molecule has 0 aliphatic heterocycles. The molecule has 4 aromatic rings. The highest BCUT2D eigenvalue weighted by Gasteiger charge is 2.35. The van der Waals surface area contributed by atoms with Gasteiger partial charge in [0.15, 0.2) is 0 Å². The van der Waals surface area contributed by atoms with Crippen molar-refractivity contribution in [2.45, 2.75) is 57.1 Å². The van der Waals surface area contributed by atoms with Gasteiger partial charge >= 0.3 is 0 Å². The molecular formula is C35H38ClN3O4S. The minimum Gasteiger partial charge on any atom is -0.352 e. The van der Waals surface area contributed by atoms with Gasteiger partial charge in [0.25, 0.3) is 10.0 Å². The highest BCUT2D eigenvalue weighted by atomic mass is 35.5. The summed E-state index contributed by atoms with van der Waals surface area (Å²) in [6, 6.07) is 30.5. The molecule has 230 valence electrons. The quantitative estimate of drug-likeness (QED) is 0.185. The van der Waals surface area contributed by atoms with E-state index in [-0.39, 0.29) is 29.8 Å². The third kappa shape index (κ3) is 8.49. The van der Waals surface area contributed by atoms with Gasteiger partial charge in [0, 0.05) is 24.0 Å². The molecule has 1 N–H and O–H groups in total. The third-order valence-corrected chi connectivity index (χ3v) is 9.47. The van der Waals surface area contributed by atoms with Gasteiger partial charge in [-0.2, -0.15) is 0 Å². The van der Waals surface area contributed by atoms with Crippen LogP contribution in [-0.4, -0.2) is 43.8 Å². The van der Waals surface area contributed by atoms with Crippen molar-refractivity contribution in [2.75, 3.05) is 10.8 Å². The molecule has 0 saturated carbocycles. The smallest absolute Gasteiger partial charge is 0.264 e. The number of hydrogen-bond acceptors (Lipinski definition) is 4. The van der Waals surface area contributed by atoms with Gasteiger partial charge in [-0.15, -0.1) is 0 Å². The number of aryl methyl sites for hydroxylation is 1. The van der Waals surface area contributed by atoms with Crippen molar-refractivity contribution < 1.29 is 18.0 Å². The largest absolute Gasteiger partial charge is 0.352 e. The summed E-state index contributed by atoms with van der Waals surface area (Å²) in [7, 11) is -4.14. The molecule has 0 bridgehead atoms. The summed E-state index contributed by atoms with van der Waals surface area (Å²) in [5.74, 6) is -0.836. The summed E-state index contributed by atoms with van der Waals surface area (Å²) in [6.45, 7) is 5.33. The van der Waals surface area contributed by atoms with Gasteiger partial charge in [-0.25, -0.2) is 8.42 Å². The lowest BCUT2D eigenvalue weighted by molar-refractivity contribution is -0.140. The van der Waals surface area contributed by atoms with E-state index in [4.69, 9.17) is 11.6 Å². The van der Waals surface area contributed by atoms with Crippen molar-refractivity contribution in [3.63, 3.8) is 0 Å². The molecule has 0 spiro atoms. The van der Waals surface area contributed by atoms with Crippen molar-refractivity contribution >= 4 is 39.1 Å². The Hall–Kier alpha value is -4.14. The van der Waals surface area contributed by atoms with Gasteiger partial charge in [0.05, 0.1) is 10.6 Å². The van der Waals surface area contributed by atoms with Crippen LogP contribution in [0.4, 0.5) is 5.69 Å². The van der Waals surface area contributed by atoms with E-state index in [0.29, 0.717) is 22.7 Å². The lowest BCUT2D eigenvalue weighted by Crippen LogP contribution is -2.54. The predicted octanol–water partition coefficient (Wildman–Crippen LogP) is 6.40. The van der Waals surface area contributed by atoms with E-state index in [1.54, 1.807) is 60.7 Å². The van der Waals surface area contributed by atoms with Crippen LogP contribution < -0.4 is 9.62 Å². The lowest BCUT2D eigenvalue weighted by atomic mass is 10.0. The average molecular weight is 632 g/mol. The molecule has 0 unspecified atom stereocenters. The van der Waals surface area contributed by atoms with E-state index in [0.717, 1.165) is 15.4 Å². The number of benzene rings is 4. The summed E-state index contributed by atoms with van der Waals surface area (Å²) in [6.07, 6.45) is 0.952. The average Bonchev–Trinajstić information content (AvgIpc) is 3.02. The zero-order valence-corrected chi connectivity index (χ0v) is 26.8. The molecule has 2 atom stereocenters. The number of nitrogens with zero attached hydrogens (tertiary/aromatic N) is 2. The fourth-order valence-electron chi connectivity index (χ4n) is 4.79. The van der Waals surface area contributed by atoms with Crippen LogP contribution in [0, 0.1) is 6.92 Å². The normalized spacial score (nSPS) is 12.6. The van der Waals surface area contributed by atoms with E-state index in [2.05, 4.69) is 5.32 Å². The van der Waals surface area contributed by atoms with Gasteiger partial charge < -0.3 is 10.2 Å². The topological polar surface area (TPSA) is 86.8 Å². The molecule has 0 aromatic heterocycles. The van der Waals surface area contributed by atoms with Crippen molar-refractivity contribution in [2.24, 2.45) is 0 Å². The molecule has 0 radical (unpaired) electrons. The molecule has 0 fully saturated rings. The standard InChI is InChI=1S/C35H38ClN3O4S/c1-4-27(3)37-35(41)33(23-28-12-7-5-8-13-28)38(24-29-14-11-15-30(36)22-29)34(40)25-39(31-20-18-26(2)19-21-31)44(42,43)32-16-9-6-10-17-32/h5-22,27,33H,4,23-25H2,1-3H3,(H,37,41)/t27-,33-/m1/s1. The van der Waals surface area contributed by atoms with E-state index >= 15 is 0 Å². The predicted molar refractivity (Wildman–Crippen MR) is 176 cm³/mol. The zero-order valence-electron chi connectivity index (χ0n) is 25.2. The second kappa shape index (κ2) is 15.0. The number of hydrogen-bond donors (Lipinski definition) is 1. The first-order chi connectivity index (χ1) is 21.1. The first kappa shape index (κ1) is 32.8. The maximum Gasteiger partial charge on any atom is 0.264 e. The Morgan fingerprint density at radius 3 is 2.07 bits per heavy atom. The van der Waals surface area contributed by atoms with Gasteiger partial charge in [-0.05, 0) is 67.8 Å². The maximum atomic E-state index is 14.5. The Labute approximate surface area is 265 Å². The number of carbonyl (C=O) groups is 2. The van der Waals surface area contributed by atoms with E-state index in [1.807, 2.05) is 57.2 Å². The van der Waals surface area contributed by atoms with Crippen molar-refractivity contribution in [1.82, 2.24) is 10.2 Å². The SMILES string of the molecule is CC[C@@H](C)NC(=O)[C@@H](Cc1ccccc1)N(Cc1cccc(Cl)c1)C(=O)CN(c1ccc(C)cc1)S(=O)(=O)c1ccccc1. The number of anilines is 1. The maximum absolute atomic E-state index is 14.5. The molecule has 44 heavy (non-hydrogen) atoms. The second-order valence-corrected chi connectivity index (χ2v) is 13.1. The lowest BCUT2D eigenvalue weighted by Gasteiger charge is -2.34. The Kier molecular flexibility index (Phi) is 11.2. The zero-order chi connectivity index (χ0) is 31.7. The molecule has 4 aromatic carbocycles. The Morgan fingerprint density at radius 1 is 0.841 bits per heavy atom. The number of halogens is 1. The molecule has 0 heterocycles. The van der Waals surface area contributed by atoms with Crippen LogP contribution in [0.1, 0.15) is 37.0 Å². The number of nitrogens with one attached hydrogen (secondary N) is 1. The highest BCUT2D eigenvalue weighted by Crippen LogP contribution is 2.26. The van der Waals surface area contributed by atoms with Crippen LogP contribution in [-0.2, 0) is 32.6 Å². The Balaban J connectivity index is 1.80. The molecule has 0 saturated heterocycles. The molecule has 4 rings (SSSR count).